The van der Waals surface area contributed by atoms with Crippen LogP contribution in [0, 0.1) is 5.92 Å². The van der Waals surface area contributed by atoms with E-state index in [1.54, 1.807) is 25.1 Å². The van der Waals surface area contributed by atoms with E-state index in [0.717, 1.165) is 37.1 Å². The number of hydrogen-bond donors (Lipinski definition) is 0. The molecule has 4 rings (SSSR count). The zero-order valence-corrected chi connectivity index (χ0v) is 30.5. The minimum absolute atomic E-state index is 0.221. The van der Waals surface area contributed by atoms with Crippen molar-refractivity contribution in [1.29, 1.82) is 0 Å². The second-order valence-electron chi connectivity index (χ2n) is 12.5. The van der Waals surface area contributed by atoms with Crippen LogP contribution in [0.1, 0.15) is 94.5 Å². The predicted molar refractivity (Wildman–Crippen MR) is 200 cm³/mol. The van der Waals surface area contributed by atoms with E-state index in [2.05, 4.69) is 18.7 Å². The molecule has 0 N–H and O–H groups in total. The Kier molecular flexibility index (Phi) is 14.1. The first-order valence-corrected chi connectivity index (χ1v) is 17.3. The number of esters is 4. The average Bonchev–Trinajstić information content (AvgIpc) is 3.16. The van der Waals surface area contributed by atoms with Crippen LogP contribution in [0.15, 0.2) is 121 Å². The quantitative estimate of drug-likeness (QED) is 0.0518. The lowest BCUT2D eigenvalue weighted by atomic mass is 10.1. The second-order valence-corrected chi connectivity index (χ2v) is 12.5. The van der Waals surface area contributed by atoms with Crippen molar-refractivity contribution in [2.45, 2.75) is 53.9 Å². The summed E-state index contributed by atoms with van der Waals surface area (Å²) in [4.78, 5) is 52.7. The van der Waals surface area contributed by atoms with Gasteiger partial charge in [-0.15, -0.1) is 0 Å². The summed E-state index contributed by atoms with van der Waals surface area (Å²) < 4.78 is 21.8. The lowest BCUT2D eigenvalue weighted by Crippen LogP contribution is -2.19. The summed E-state index contributed by atoms with van der Waals surface area (Å²) in [5.41, 5.74) is 3.39. The molecule has 0 amide bonds. The molecule has 4 aromatic carbocycles. The maximum atomic E-state index is 12.8. The number of allylic oxidation sites excluding steroid dienone is 4. The molecule has 0 fully saturated rings. The van der Waals surface area contributed by atoms with Crippen LogP contribution in [0.25, 0.3) is 0 Å². The highest BCUT2D eigenvalue weighted by Gasteiger charge is 2.15. The van der Waals surface area contributed by atoms with Crippen molar-refractivity contribution in [1.82, 2.24) is 4.90 Å². The van der Waals surface area contributed by atoms with E-state index in [1.807, 2.05) is 39.1 Å². The molecule has 0 radical (unpaired) electrons. The van der Waals surface area contributed by atoms with Gasteiger partial charge in [-0.3, -0.25) is 0 Å². The largest absolute Gasteiger partial charge is 0.428 e. The zero-order chi connectivity index (χ0) is 37.6. The number of rotatable bonds is 15. The van der Waals surface area contributed by atoms with Gasteiger partial charge in [-0.25, -0.2) is 19.2 Å². The first-order chi connectivity index (χ1) is 24.9. The van der Waals surface area contributed by atoms with E-state index >= 15 is 0 Å². The Labute approximate surface area is 305 Å². The SMILES string of the molecule is CCc1ccc(C(=O)Oc2ccc(C(=O)Oc3ccc(C(=O)Oc4ccc(C(=O)OC(C)=CC=C(C)N(C)CCC(C)CC)cc4)cc3)cc2)cc1. The van der Waals surface area contributed by atoms with Gasteiger partial charge in [0.2, 0.25) is 0 Å². The maximum Gasteiger partial charge on any atom is 0.343 e. The Balaban J connectivity index is 1.24. The molecule has 0 aromatic heterocycles. The van der Waals surface area contributed by atoms with E-state index in [4.69, 9.17) is 18.9 Å². The molecule has 9 nitrogen and oxygen atoms in total. The number of benzene rings is 4. The van der Waals surface area contributed by atoms with Gasteiger partial charge in [-0.05, 0) is 135 Å². The fourth-order valence-corrected chi connectivity index (χ4v) is 4.75. The van der Waals surface area contributed by atoms with Crippen LogP contribution in [0.2, 0.25) is 0 Å². The molecule has 0 spiro atoms. The number of nitrogens with zero attached hydrogens (tertiary/aromatic N) is 1. The van der Waals surface area contributed by atoms with Crippen LogP contribution in [-0.2, 0) is 11.2 Å². The van der Waals surface area contributed by atoms with Crippen molar-refractivity contribution in [2.24, 2.45) is 5.92 Å². The van der Waals surface area contributed by atoms with Gasteiger partial charge in [0.1, 0.15) is 23.0 Å². The lowest BCUT2D eigenvalue weighted by Gasteiger charge is -2.21. The average molecular weight is 704 g/mol. The van der Waals surface area contributed by atoms with Crippen LogP contribution in [0.4, 0.5) is 0 Å². The van der Waals surface area contributed by atoms with E-state index < -0.39 is 23.9 Å². The molecule has 0 aliphatic carbocycles. The van der Waals surface area contributed by atoms with Crippen LogP contribution < -0.4 is 14.2 Å². The summed E-state index contributed by atoms with van der Waals surface area (Å²) >= 11 is 0. The fourth-order valence-electron chi connectivity index (χ4n) is 4.75. The summed E-state index contributed by atoms with van der Waals surface area (Å²) in [7, 11) is 2.05. The zero-order valence-electron chi connectivity index (χ0n) is 30.5. The first-order valence-electron chi connectivity index (χ1n) is 17.3. The Morgan fingerprint density at radius 3 is 1.37 bits per heavy atom. The van der Waals surface area contributed by atoms with Crippen LogP contribution in [0.3, 0.4) is 0 Å². The molecule has 9 heteroatoms. The maximum absolute atomic E-state index is 12.8. The van der Waals surface area contributed by atoms with Gasteiger partial charge >= 0.3 is 23.9 Å². The van der Waals surface area contributed by atoms with Gasteiger partial charge < -0.3 is 23.8 Å². The van der Waals surface area contributed by atoms with Gasteiger partial charge in [0.15, 0.2) is 0 Å². The van der Waals surface area contributed by atoms with Gasteiger partial charge in [0.05, 0.1) is 22.3 Å². The molecule has 0 heterocycles. The van der Waals surface area contributed by atoms with Crippen LogP contribution >= 0.6 is 0 Å². The molecule has 0 aliphatic rings. The van der Waals surface area contributed by atoms with E-state index in [1.165, 1.54) is 72.8 Å². The fraction of sp³-hybridized carbons (Fsp3) is 0.256. The Morgan fingerprint density at radius 1 is 0.596 bits per heavy atom. The number of carbonyl (C=O) groups excluding carboxylic acids is 4. The normalized spacial score (nSPS) is 12.0. The third-order valence-corrected chi connectivity index (χ3v) is 8.57. The van der Waals surface area contributed by atoms with Gasteiger partial charge in [0.25, 0.3) is 0 Å². The molecule has 0 saturated carbocycles. The van der Waals surface area contributed by atoms with E-state index in [9.17, 15) is 19.2 Å². The Hall–Kier alpha value is -5.96. The van der Waals surface area contributed by atoms with Crippen molar-refractivity contribution >= 4 is 23.9 Å². The number of carbonyl (C=O) groups is 4. The van der Waals surface area contributed by atoms with E-state index in [-0.39, 0.29) is 28.4 Å². The van der Waals surface area contributed by atoms with Crippen molar-refractivity contribution in [3.8, 4) is 17.2 Å². The summed E-state index contributed by atoms with van der Waals surface area (Å²) in [6.07, 6.45) is 6.83. The molecule has 270 valence electrons. The standard InChI is InChI=1S/C43H45NO8/c1-7-29(3)27-28-44(6)30(4)9-10-31(5)49-40(45)34-15-21-37(22-16-34)51-42(47)36-19-25-39(26-20-36)52-43(48)35-17-23-38(24-18-35)50-41(46)33-13-11-32(8-2)12-14-33/h9-26,29H,7-8,27-28H2,1-6H3. The topological polar surface area (TPSA) is 108 Å². The van der Waals surface area contributed by atoms with Crippen LogP contribution in [-0.4, -0.2) is 42.4 Å². The Morgan fingerprint density at radius 2 is 0.981 bits per heavy atom. The summed E-state index contributed by atoms with van der Waals surface area (Å²) in [6.45, 7) is 11.2. The molecule has 1 unspecified atom stereocenters. The van der Waals surface area contributed by atoms with Crippen molar-refractivity contribution in [3.05, 3.63) is 148 Å². The number of aryl methyl sites for hydroxylation is 1. The highest BCUT2D eigenvalue weighted by atomic mass is 16.5. The highest BCUT2D eigenvalue weighted by molar-refractivity contribution is 5.94. The molecule has 0 bridgehead atoms. The summed E-state index contributed by atoms with van der Waals surface area (Å²) in [5, 5.41) is 0. The lowest BCUT2D eigenvalue weighted by molar-refractivity contribution is 0.0624. The predicted octanol–water partition coefficient (Wildman–Crippen LogP) is 9.24. The highest BCUT2D eigenvalue weighted by Crippen LogP contribution is 2.20. The Bertz CT molecular complexity index is 1890. The summed E-state index contributed by atoms with van der Waals surface area (Å²) in [6, 6.07) is 25.2. The van der Waals surface area contributed by atoms with E-state index in [0.29, 0.717) is 22.8 Å². The molecule has 4 aromatic rings. The van der Waals surface area contributed by atoms with Gasteiger partial charge in [-0.1, -0.05) is 39.3 Å². The summed E-state index contributed by atoms with van der Waals surface area (Å²) in [5.74, 6) is -0.406. The molecular formula is C43H45NO8. The molecular weight excluding hydrogens is 658 g/mol. The third-order valence-electron chi connectivity index (χ3n) is 8.57. The molecule has 0 aliphatic heterocycles. The smallest absolute Gasteiger partial charge is 0.343 e. The molecule has 0 saturated heterocycles. The van der Waals surface area contributed by atoms with Gasteiger partial charge in [-0.2, -0.15) is 0 Å². The molecule has 52 heavy (non-hydrogen) atoms. The molecule has 1 atom stereocenters. The second kappa shape index (κ2) is 18.9. The van der Waals surface area contributed by atoms with Crippen molar-refractivity contribution in [3.63, 3.8) is 0 Å². The minimum Gasteiger partial charge on any atom is -0.428 e. The van der Waals surface area contributed by atoms with Crippen molar-refractivity contribution < 1.29 is 38.1 Å². The van der Waals surface area contributed by atoms with Crippen molar-refractivity contribution in [2.75, 3.05) is 13.6 Å². The van der Waals surface area contributed by atoms with Gasteiger partial charge in [0, 0.05) is 19.3 Å². The third kappa shape index (κ3) is 11.6. The number of ether oxygens (including phenoxy) is 4. The first kappa shape index (κ1) is 38.8. The number of hydrogen-bond acceptors (Lipinski definition) is 9. The van der Waals surface area contributed by atoms with Crippen LogP contribution in [0.5, 0.6) is 17.2 Å². The minimum atomic E-state index is -0.630. The monoisotopic (exact) mass is 703 g/mol.